The van der Waals surface area contributed by atoms with Crippen molar-refractivity contribution in [3.63, 3.8) is 0 Å². The molecule has 1 atom stereocenters. The smallest absolute Gasteiger partial charge is 0.326 e. The standard InChI is InChI=1S/C12H16N2O3S/c15-11(16)10-2-1-6-14(10)12(17)13-5-3-9-4-7-18-8-9/h4,7-8,10H,1-3,5-6H2,(H,13,17)(H,15,16)/t10-/m0/s1. The number of aliphatic carboxylic acids is 1. The van der Waals surface area contributed by atoms with E-state index >= 15 is 0 Å². The van der Waals surface area contributed by atoms with Gasteiger partial charge in [0, 0.05) is 13.1 Å². The summed E-state index contributed by atoms with van der Waals surface area (Å²) in [4.78, 5) is 24.2. The van der Waals surface area contributed by atoms with E-state index in [0.29, 0.717) is 19.5 Å². The summed E-state index contributed by atoms with van der Waals surface area (Å²) in [5.41, 5.74) is 1.19. The van der Waals surface area contributed by atoms with Gasteiger partial charge < -0.3 is 15.3 Å². The summed E-state index contributed by atoms with van der Waals surface area (Å²) in [6.07, 6.45) is 2.09. The van der Waals surface area contributed by atoms with Crippen LogP contribution < -0.4 is 5.32 Å². The maximum Gasteiger partial charge on any atom is 0.326 e. The first-order valence-corrected chi connectivity index (χ1v) is 6.91. The van der Waals surface area contributed by atoms with Crippen molar-refractivity contribution < 1.29 is 14.7 Å². The average molecular weight is 268 g/mol. The lowest BCUT2D eigenvalue weighted by atomic mass is 10.2. The van der Waals surface area contributed by atoms with Gasteiger partial charge in [-0.2, -0.15) is 11.3 Å². The fourth-order valence-corrected chi connectivity index (χ4v) is 2.82. The summed E-state index contributed by atoms with van der Waals surface area (Å²) in [5, 5.41) is 15.8. The van der Waals surface area contributed by atoms with Crippen LogP contribution >= 0.6 is 11.3 Å². The lowest BCUT2D eigenvalue weighted by molar-refractivity contribution is -0.141. The maximum atomic E-state index is 11.8. The summed E-state index contributed by atoms with van der Waals surface area (Å²) in [7, 11) is 0. The second-order valence-corrected chi connectivity index (χ2v) is 5.08. The molecule has 2 N–H and O–H groups in total. The van der Waals surface area contributed by atoms with E-state index in [-0.39, 0.29) is 6.03 Å². The first-order valence-electron chi connectivity index (χ1n) is 5.97. The van der Waals surface area contributed by atoms with E-state index in [9.17, 15) is 9.59 Å². The maximum absolute atomic E-state index is 11.8. The minimum Gasteiger partial charge on any atom is -0.480 e. The van der Waals surface area contributed by atoms with Crippen LogP contribution in [0.5, 0.6) is 0 Å². The third-order valence-corrected chi connectivity index (χ3v) is 3.80. The van der Waals surface area contributed by atoms with Gasteiger partial charge in [0.25, 0.3) is 0 Å². The van der Waals surface area contributed by atoms with Crippen LogP contribution in [0, 0.1) is 0 Å². The third kappa shape index (κ3) is 3.01. The molecule has 2 heterocycles. The summed E-state index contributed by atoms with van der Waals surface area (Å²) >= 11 is 1.63. The first kappa shape index (κ1) is 12.9. The van der Waals surface area contributed by atoms with E-state index in [1.807, 2.05) is 16.8 Å². The Hall–Kier alpha value is -1.56. The van der Waals surface area contributed by atoms with Crippen LogP contribution in [0.25, 0.3) is 0 Å². The third-order valence-electron chi connectivity index (χ3n) is 3.07. The molecule has 0 unspecified atom stereocenters. The minimum atomic E-state index is -0.916. The van der Waals surface area contributed by atoms with Gasteiger partial charge in [0.2, 0.25) is 0 Å². The Morgan fingerprint density at radius 1 is 1.56 bits per heavy atom. The number of hydrogen-bond acceptors (Lipinski definition) is 3. The number of urea groups is 1. The fourth-order valence-electron chi connectivity index (χ4n) is 2.12. The van der Waals surface area contributed by atoms with Crippen molar-refractivity contribution >= 4 is 23.3 Å². The zero-order valence-corrected chi connectivity index (χ0v) is 10.8. The van der Waals surface area contributed by atoms with E-state index in [0.717, 1.165) is 12.8 Å². The van der Waals surface area contributed by atoms with Crippen molar-refractivity contribution in [2.45, 2.75) is 25.3 Å². The molecule has 0 aromatic carbocycles. The molecule has 0 saturated carbocycles. The van der Waals surface area contributed by atoms with Gasteiger partial charge in [0.05, 0.1) is 0 Å². The number of nitrogens with one attached hydrogen (secondary N) is 1. The highest BCUT2D eigenvalue weighted by molar-refractivity contribution is 7.07. The van der Waals surface area contributed by atoms with Crippen LogP contribution in [0.3, 0.4) is 0 Å². The Kier molecular flexibility index (Phi) is 4.19. The van der Waals surface area contributed by atoms with E-state index in [4.69, 9.17) is 5.11 Å². The molecule has 0 radical (unpaired) electrons. The Labute approximate surface area is 109 Å². The zero-order valence-electron chi connectivity index (χ0n) is 9.96. The van der Waals surface area contributed by atoms with Crippen molar-refractivity contribution in [1.82, 2.24) is 10.2 Å². The van der Waals surface area contributed by atoms with Crippen LogP contribution in [0.15, 0.2) is 16.8 Å². The quantitative estimate of drug-likeness (QED) is 0.870. The van der Waals surface area contributed by atoms with E-state index in [1.165, 1.54) is 10.5 Å². The normalized spacial score (nSPS) is 18.9. The molecule has 0 spiro atoms. The Balaban J connectivity index is 1.79. The number of amides is 2. The molecule has 2 amide bonds. The number of likely N-dealkylation sites (tertiary alicyclic amines) is 1. The van der Waals surface area contributed by atoms with E-state index in [1.54, 1.807) is 11.3 Å². The lowest BCUT2D eigenvalue weighted by Crippen LogP contribution is -2.46. The second-order valence-electron chi connectivity index (χ2n) is 4.30. The molecule has 6 heteroatoms. The molecule has 18 heavy (non-hydrogen) atoms. The highest BCUT2D eigenvalue weighted by Crippen LogP contribution is 2.17. The van der Waals surface area contributed by atoms with Crippen molar-refractivity contribution in [3.05, 3.63) is 22.4 Å². The van der Waals surface area contributed by atoms with Crippen LogP contribution in [0.4, 0.5) is 4.79 Å². The van der Waals surface area contributed by atoms with Gasteiger partial charge in [-0.3, -0.25) is 0 Å². The number of carboxylic acid groups (broad SMARTS) is 1. The van der Waals surface area contributed by atoms with Gasteiger partial charge in [0.1, 0.15) is 6.04 Å². The average Bonchev–Trinajstić information content (AvgIpc) is 2.99. The lowest BCUT2D eigenvalue weighted by Gasteiger charge is -2.21. The molecule has 1 aromatic rings. The summed E-state index contributed by atoms with van der Waals surface area (Å²) in [6, 6.07) is 1.09. The number of nitrogens with zero attached hydrogens (tertiary/aromatic N) is 1. The fraction of sp³-hybridized carbons (Fsp3) is 0.500. The SMILES string of the molecule is O=C(O)[C@@H]1CCCN1C(=O)NCCc1ccsc1. The summed E-state index contributed by atoms with van der Waals surface area (Å²) in [6.45, 7) is 1.07. The predicted octanol–water partition coefficient (Wildman–Crippen LogP) is 1.55. The predicted molar refractivity (Wildman–Crippen MR) is 68.8 cm³/mol. The topological polar surface area (TPSA) is 69.6 Å². The van der Waals surface area contributed by atoms with E-state index < -0.39 is 12.0 Å². The first-order chi connectivity index (χ1) is 8.68. The summed E-state index contributed by atoms with van der Waals surface area (Å²) in [5.74, 6) is -0.916. The van der Waals surface area contributed by atoms with Crippen LogP contribution in [0.1, 0.15) is 18.4 Å². The monoisotopic (exact) mass is 268 g/mol. The number of carbonyl (C=O) groups excluding carboxylic acids is 1. The largest absolute Gasteiger partial charge is 0.480 e. The molecule has 1 aromatic heterocycles. The van der Waals surface area contributed by atoms with Crippen molar-refractivity contribution in [2.24, 2.45) is 0 Å². The molecule has 1 aliphatic rings. The molecular formula is C12H16N2O3S. The molecule has 98 valence electrons. The molecule has 2 rings (SSSR count). The Morgan fingerprint density at radius 2 is 2.39 bits per heavy atom. The zero-order chi connectivity index (χ0) is 13.0. The van der Waals surface area contributed by atoms with Crippen molar-refractivity contribution in [2.75, 3.05) is 13.1 Å². The van der Waals surface area contributed by atoms with Gasteiger partial charge in [-0.1, -0.05) is 0 Å². The summed E-state index contributed by atoms with van der Waals surface area (Å²) < 4.78 is 0. The van der Waals surface area contributed by atoms with Gasteiger partial charge in [-0.15, -0.1) is 0 Å². The Bertz CT molecular complexity index is 419. The highest BCUT2D eigenvalue weighted by Gasteiger charge is 2.33. The number of rotatable bonds is 4. The molecule has 1 saturated heterocycles. The molecule has 0 bridgehead atoms. The number of carboxylic acids is 1. The number of hydrogen-bond donors (Lipinski definition) is 2. The second kappa shape index (κ2) is 5.86. The van der Waals surface area contributed by atoms with Crippen LogP contribution in [-0.2, 0) is 11.2 Å². The van der Waals surface area contributed by atoms with Crippen molar-refractivity contribution in [1.29, 1.82) is 0 Å². The van der Waals surface area contributed by atoms with Crippen LogP contribution in [-0.4, -0.2) is 41.1 Å². The van der Waals surface area contributed by atoms with Gasteiger partial charge in [-0.25, -0.2) is 9.59 Å². The van der Waals surface area contributed by atoms with Gasteiger partial charge in [0.15, 0.2) is 0 Å². The Morgan fingerprint density at radius 3 is 3.06 bits per heavy atom. The molecule has 0 aliphatic carbocycles. The molecule has 1 aliphatic heterocycles. The van der Waals surface area contributed by atoms with Crippen LogP contribution in [0.2, 0.25) is 0 Å². The minimum absolute atomic E-state index is 0.268. The number of carbonyl (C=O) groups is 2. The highest BCUT2D eigenvalue weighted by atomic mass is 32.1. The van der Waals surface area contributed by atoms with Gasteiger partial charge >= 0.3 is 12.0 Å². The van der Waals surface area contributed by atoms with Crippen molar-refractivity contribution in [3.8, 4) is 0 Å². The molecule has 5 nitrogen and oxygen atoms in total. The van der Waals surface area contributed by atoms with Gasteiger partial charge in [-0.05, 0) is 41.7 Å². The van der Waals surface area contributed by atoms with E-state index in [2.05, 4.69) is 5.32 Å². The molecular weight excluding hydrogens is 252 g/mol. The molecule has 1 fully saturated rings. The number of thiophene rings is 1.